The molecule has 5 rings (SSSR count). The van der Waals surface area contributed by atoms with Gasteiger partial charge in [-0.15, -0.1) is 0 Å². The molecule has 1 atom stereocenters. The Labute approximate surface area is 178 Å². The number of nitrogens with one attached hydrogen (secondary N) is 2. The minimum atomic E-state index is -0.935. The normalized spacial score (nSPS) is 17.7. The van der Waals surface area contributed by atoms with Crippen molar-refractivity contribution < 1.29 is 14.0 Å². The summed E-state index contributed by atoms with van der Waals surface area (Å²) < 4.78 is 7.57. The molecule has 2 saturated carbocycles. The van der Waals surface area contributed by atoms with Crippen molar-refractivity contribution in [2.45, 2.75) is 56.7 Å². The topological polar surface area (TPSA) is 126 Å². The van der Waals surface area contributed by atoms with Crippen LogP contribution in [0.3, 0.4) is 0 Å². The molecule has 2 aliphatic rings. The molecule has 1 aromatic carbocycles. The maximum Gasteiger partial charge on any atom is 0.255 e. The third-order valence-corrected chi connectivity index (χ3v) is 5.75. The summed E-state index contributed by atoms with van der Waals surface area (Å²) >= 11 is 0. The fourth-order valence-corrected chi connectivity index (χ4v) is 3.57. The molecule has 0 saturated heterocycles. The van der Waals surface area contributed by atoms with Gasteiger partial charge in [0.2, 0.25) is 5.91 Å². The van der Waals surface area contributed by atoms with E-state index in [0.29, 0.717) is 47.1 Å². The highest BCUT2D eigenvalue weighted by atomic mass is 16.3. The first-order valence-electron chi connectivity index (χ1n) is 10.4. The van der Waals surface area contributed by atoms with Crippen LogP contribution in [0.15, 0.2) is 34.9 Å². The molecule has 9 nitrogen and oxygen atoms in total. The zero-order valence-corrected chi connectivity index (χ0v) is 17.1. The summed E-state index contributed by atoms with van der Waals surface area (Å²) in [5.74, 6) is -0.474. The molecule has 0 aliphatic heterocycles. The number of nitriles is 1. The van der Waals surface area contributed by atoms with Crippen LogP contribution in [0.1, 0.15) is 53.7 Å². The Balaban J connectivity index is 1.38. The van der Waals surface area contributed by atoms with Gasteiger partial charge in [-0.05, 0) is 44.7 Å². The van der Waals surface area contributed by atoms with Crippen molar-refractivity contribution >= 4 is 22.9 Å². The first-order valence-corrected chi connectivity index (χ1v) is 10.4. The predicted molar refractivity (Wildman–Crippen MR) is 110 cm³/mol. The van der Waals surface area contributed by atoms with Crippen molar-refractivity contribution in [3.63, 3.8) is 0 Å². The molecule has 2 heterocycles. The van der Waals surface area contributed by atoms with Crippen LogP contribution in [0.25, 0.3) is 11.1 Å². The van der Waals surface area contributed by atoms with Gasteiger partial charge in [0.25, 0.3) is 5.91 Å². The van der Waals surface area contributed by atoms with Crippen molar-refractivity contribution in [2.75, 3.05) is 0 Å². The molecule has 0 bridgehead atoms. The van der Waals surface area contributed by atoms with Gasteiger partial charge in [0.1, 0.15) is 17.1 Å². The van der Waals surface area contributed by atoms with Crippen molar-refractivity contribution in [3.8, 4) is 6.07 Å². The second-order valence-electron chi connectivity index (χ2n) is 8.33. The quantitative estimate of drug-likeness (QED) is 0.606. The fraction of sp³-hybridized carbons (Fsp3) is 0.409. The molecular formula is C22H22N6O3. The Kier molecular flexibility index (Phi) is 4.50. The van der Waals surface area contributed by atoms with E-state index in [-0.39, 0.29) is 12.3 Å². The molecule has 3 aromatic rings. The minimum absolute atomic E-state index is 0.0730. The number of aromatic nitrogens is 3. The molecule has 158 valence electrons. The van der Waals surface area contributed by atoms with Gasteiger partial charge in [0.05, 0.1) is 29.8 Å². The fourth-order valence-electron chi connectivity index (χ4n) is 3.57. The van der Waals surface area contributed by atoms with Crippen LogP contribution < -0.4 is 10.6 Å². The number of benzene rings is 1. The summed E-state index contributed by atoms with van der Waals surface area (Å²) in [6.07, 6.45) is 5.12. The Morgan fingerprint density at radius 2 is 2.13 bits per heavy atom. The number of hydrogen-bond donors (Lipinski definition) is 2. The van der Waals surface area contributed by atoms with Crippen LogP contribution in [0.2, 0.25) is 0 Å². The van der Waals surface area contributed by atoms with Crippen LogP contribution in [0, 0.1) is 18.3 Å². The molecule has 31 heavy (non-hydrogen) atoms. The van der Waals surface area contributed by atoms with Gasteiger partial charge in [-0.2, -0.15) is 10.4 Å². The minimum Gasteiger partial charge on any atom is -0.441 e. The lowest BCUT2D eigenvalue weighted by Crippen LogP contribution is -2.51. The number of carbonyl (C=O) groups is 2. The first-order chi connectivity index (χ1) is 15.0. The molecule has 2 amide bonds. The zero-order valence-electron chi connectivity index (χ0n) is 17.1. The molecule has 9 heteroatoms. The van der Waals surface area contributed by atoms with Gasteiger partial charge in [0.15, 0.2) is 11.5 Å². The van der Waals surface area contributed by atoms with E-state index in [1.165, 1.54) is 0 Å². The number of rotatable bonds is 7. The van der Waals surface area contributed by atoms with E-state index in [4.69, 9.17) is 4.42 Å². The zero-order chi connectivity index (χ0) is 21.6. The monoisotopic (exact) mass is 418 g/mol. The number of hydrogen-bond acceptors (Lipinski definition) is 6. The van der Waals surface area contributed by atoms with Crippen molar-refractivity contribution in [3.05, 3.63) is 47.6 Å². The van der Waals surface area contributed by atoms with Gasteiger partial charge in [-0.1, -0.05) is 12.1 Å². The third kappa shape index (κ3) is 3.89. The SMILES string of the molecule is Cc1nn(C2CC2)cc1C(=O)NC(Cc1nc2ccccc2o1)C(=O)NC1(C#N)CC1. The number of nitrogens with zero attached hydrogens (tertiary/aromatic N) is 4. The van der Waals surface area contributed by atoms with Crippen LogP contribution in [-0.4, -0.2) is 38.2 Å². The summed E-state index contributed by atoms with van der Waals surface area (Å²) in [6, 6.07) is 8.87. The maximum atomic E-state index is 13.0. The lowest BCUT2D eigenvalue weighted by molar-refractivity contribution is -0.123. The third-order valence-electron chi connectivity index (χ3n) is 5.75. The number of para-hydroxylation sites is 2. The maximum absolute atomic E-state index is 13.0. The number of oxazole rings is 1. The second kappa shape index (κ2) is 7.23. The molecule has 0 radical (unpaired) electrons. The number of carbonyl (C=O) groups excluding carboxylic acids is 2. The van der Waals surface area contributed by atoms with E-state index in [2.05, 4.69) is 26.8 Å². The first kappa shape index (κ1) is 19.3. The summed E-state index contributed by atoms with van der Waals surface area (Å²) in [5, 5.41) is 19.3. The molecule has 2 fully saturated rings. The van der Waals surface area contributed by atoms with Crippen molar-refractivity contribution in [2.24, 2.45) is 0 Å². The average molecular weight is 418 g/mol. The van der Waals surface area contributed by atoms with E-state index in [1.54, 1.807) is 19.2 Å². The van der Waals surface area contributed by atoms with Crippen LogP contribution in [-0.2, 0) is 11.2 Å². The summed E-state index contributed by atoms with van der Waals surface area (Å²) in [5.41, 5.74) is 1.50. The van der Waals surface area contributed by atoms with E-state index >= 15 is 0 Å². The lowest BCUT2D eigenvalue weighted by atomic mass is 10.1. The summed E-state index contributed by atoms with van der Waals surface area (Å²) in [4.78, 5) is 30.4. The van der Waals surface area contributed by atoms with Gasteiger partial charge >= 0.3 is 0 Å². The van der Waals surface area contributed by atoms with E-state index in [1.807, 2.05) is 22.9 Å². The molecule has 1 unspecified atom stereocenters. The summed E-state index contributed by atoms with van der Waals surface area (Å²) in [6.45, 7) is 1.78. The predicted octanol–water partition coefficient (Wildman–Crippen LogP) is 2.18. The van der Waals surface area contributed by atoms with Gasteiger partial charge in [-0.3, -0.25) is 14.3 Å². The van der Waals surface area contributed by atoms with Gasteiger partial charge in [0, 0.05) is 6.20 Å². The lowest BCUT2D eigenvalue weighted by Gasteiger charge is -2.19. The highest BCUT2D eigenvalue weighted by molar-refractivity contribution is 5.98. The Bertz CT molecular complexity index is 1180. The van der Waals surface area contributed by atoms with E-state index < -0.39 is 17.5 Å². The van der Waals surface area contributed by atoms with Crippen LogP contribution in [0.5, 0.6) is 0 Å². The van der Waals surface area contributed by atoms with Crippen molar-refractivity contribution in [1.29, 1.82) is 5.26 Å². The standard InChI is InChI=1S/C22H22N6O3/c1-13-15(11-28(27-13)14-6-7-14)20(29)25-17(21(30)26-22(12-23)8-9-22)10-19-24-16-4-2-3-5-18(16)31-19/h2-5,11,14,17H,6-10H2,1H3,(H,25,29)(H,26,30). The Morgan fingerprint density at radius 1 is 1.35 bits per heavy atom. The number of amides is 2. The highest BCUT2D eigenvalue weighted by Gasteiger charge is 2.46. The largest absolute Gasteiger partial charge is 0.441 e. The second-order valence-corrected chi connectivity index (χ2v) is 8.33. The number of aryl methyl sites for hydroxylation is 1. The average Bonchev–Trinajstić information content (AvgIpc) is 3.67. The Morgan fingerprint density at radius 3 is 2.81 bits per heavy atom. The molecule has 2 aliphatic carbocycles. The van der Waals surface area contributed by atoms with E-state index in [9.17, 15) is 14.9 Å². The number of fused-ring (bicyclic) bond motifs is 1. The van der Waals surface area contributed by atoms with Gasteiger partial charge < -0.3 is 15.1 Å². The molecule has 2 aromatic heterocycles. The Hall–Kier alpha value is -3.67. The smallest absolute Gasteiger partial charge is 0.255 e. The van der Waals surface area contributed by atoms with Gasteiger partial charge in [-0.25, -0.2) is 4.98 Å². The molecule has 0 spiro atoms. The van der Waals surface area contributed by atoms with E-state index in [0.717, 1.165) is 12.8 Å². The van der Waals surface area contributed by atoms with Crippen molar-refractivity contribution in [1.82, 2.24) is 25.4 Å². The molecule has 2 N–H and O–H groups in total. The van der Waals surface area contributed by atoms with Crippen LogP contribution >= 0.6 is 0 Å². The molecular weight excluding hydrogens is 396 g/mol. The summed E-state index contributed by atoms with van der Waals surface area (Å²) in [7, 11) is 0. The van der Waals surface area contributed by atoms with Crippen LogP contribution in [0.4, 0.5) is 0 Å². The highest BCUT2D eigenvalue weighted by Crippen LogP contribution is 2.35.